The molecule has 2 amide bonds. The SMILES string of the molecule is CCN(C(=O)NC(C)(C(=O)O)C1CC1)c1ccccc1. The molecule has 0 bridgehead atoms. The molecule has 0 saturated heterocycles. The number of benzene rings is 1. The van der Waals surface area contributed by atoms with Gasteiger partial charge in [0.15, 0.2) is 0 Å². The molecule has 0 aromatic heterocycles. The molecule has 1 fully saturated rings. The summed E-state index contributed by atoms with van der Waals surface area (Å²) in [5.41, 5.74) is -0.421. The van der Waals surface area contributed by atoms with Crippen LogP contribution in [-0.4, -0.2) is 29.2 Å². The van der Waals surface area contributed by atoms with Crippen molar-refractivity contribution in [2.45, 2.75) is 32.2 Å². The van der Waals surface area contributed by atoms with Gasteiger partial charge in [-0.2, -0.15) is 0 Å². The van der Waals surface area contributed by atoms with Crippen LogP contribution in [0.4, 0.5) is 10.5 Å². The first-order chi connectivity index (χ1) is 9.49. The lowest BCUT2D eigenvalue weighted by atomic mass is 9.96. The van der Waals surface area contributed by atoms with Crippen LogP contribution in [0.2, 0.25) is 0 Å². The van der Waals surface area contributed by atoms with Gasteiger partial charge >= 0.3 is 12.0 Å². The smallest absolute Gasteiger partial charge is 0.329 e. The molecule has 0 radical (unpaired) electrons. The van der Waals surface area contributed by atoms with Crippen molar-refractivity contribution >= 4 is 17.7 Å². The van der Waals surface area contributed by atoms with Crippen LogP contribution >= 0.6 is 0 Å². The summed E-state index contributed by atoms with van der Waals surface area (Å²) < 4.78 is 0. The molecule has 20 heavy (non-hydrogen) atoms. The van der Waals surface area contributed by atoms with Gasteiger partial charge in [0, 0.05) is 12.2 Å². The number of nitrogens with one attached hydrogen (secondary N) is 1. The van der Waals surface area contributed by atoms with Crippen molar-refractivity contribution in [3.63, 3.8) is 0 Å². The predicted molar refractivity (Wildman–Crippen MR) is 76.8 cm³/mol. The predicted octanol–water partition coefficient (Wildman–Crippen LogP) is 2.48. The Hall–Kier alpha value is -2.04. The Balaban J connectivity index is 2.15. The largest absolute Gasteiger partial charge is 0.480 e. The normalized spacial score (nSPS) is 17.1. The van der Waals surface area contributed by atoms with Crippen molar-refractivity contribution in [3.05, 3.63) is 30.3 Å². The minimum absolute atomic E-state index is 0.0263. The van der Waals surface area contributed by atoms with Crippen LogP contribution in [-0.2, 0) is 4.79 Å². The molecule has 1 aromatic rings. The van der Waals surface area contributed by atoms with E-state index in [1.54, 1.807) is 11.8 Å². The molecule has 0 spiro atoms. The summed E-state index contributed by atoms with van der Waals surface area (Å²) in [5.74, 6) is -0.948. The Morgan fingerprint density at radius 2 is 1.95 bits per heavy atom. The van der Waals surface area contributed by atoms with Gasteiger partial charge in [-0.1, -0.05) is 18.2 Å². The summed E-state index contributed by atoms with van der Waals surface area (Å²) in [6, 6.07) is 8.87. The molecule has 1 atom stereocenters. The lowest BCUT2D eigenvalue weighted by Gasteiger charge is -2.30. The summed E-state index contributed by atoms with van der Waals surface area (Å²) in [6.07, 6.45) is 1.70. The van der Waals surface area contributed by atoms with E-state index >= 15 is 0 Å². The molecule has 5 heteroatoms. The number of rotatable bonds is 5. The number of anilines is 1. The number of amides is 2. The van der Waals surface area contributed by atoms with E-state index in [2.05, 4.69) is 5.32 Å². The average molecular weight is 276 g/mol. The van der Waals surface area contributed by atoms with Crippen molar-refractivity contribution in [2.75, 3.05) is 11.4 Å². The molecule has 2 rings (SSSR count). The molecule has 1 unspecified atom stereocenters. The Morgan fingerprint density at radius 1 is 1.35 bits per heavy atom. The van der Waals surface area contributed by atoms with Crippen LogP contribution < -0.4 is 10.2 Å². The first-order valence-electron chi connectivity index (χ1n) is 6.87. The monoisotopic (exact) mass is 276 g/mol. The Kier molecular flexibility index (Phi) is 3.97. The third-order valence-corrected chi connectivity index (χ3v) is 3.83. The highest BCUT2D eigenvalue weighted by Crippen LogP contribution is 2.39. The van der Waals surface area contributed by atoms with Gasteiger partial charge in [0.05, 0.1) is 0 Å². The van der Waals surface area contributed by atoms with Gasteiger partial charge in [-0.15, -0.1) is 0 Å². The molecule has 1 aromatic carbocycles. The highest BCUT2D eigenvalue weighted by Gasteiger charge is 2.49. The maximum atomic E-state index is 12.4. The average Bonchev–Trinajstić information content (AvgIpc) is 3.25. The summed E-state index contributed by atoms with van der Waals surface area (Å²) in [4.78, 5) is 25.4. The quantitative estimate of drug-likeness (QED) is 0.868. The highest BCUT2D eigenvalue weighted by molar-refractivity contribution is 5.95. The van der Waals surface area contributed by atoms with E-state index in [-0.39, 0.29) is 11.9 Å². The maximum Gasteiger partial charge on any atom is 0.329 e. The van der Waals surface area contributed by atoms with Crippen molar-refractivity contribution in [1.82, 2.24) is 5.32 Å². The number of hydrogen-bond acceptors (Lipinski definition) is 2. The van der Waals surface area contributed by atoms with E-state index in [0.29, 0.717) is 6.54 Å². The van der Waals surface area contributed by atoms with Crippen LogP contribution in [0.15, 0.2) is 30.3 Å². The van der Waals surface area contributed by atoms with Gasteiger partial charge in [0.25, 0.3) is 0 Å². The molecule has 5 nitrogen and oxygen atoms in total. The summed E-state index contributed by atoms with van der Waals surface area (Å²) in [5, 5.41) is 12.1. The van der Waals surface area contributed by atoms with Crippen molar-refractivity contribution in [1.29, 1.82) is 0 Å². The Labute approximate surface area is 118 Å². The number of carbonyl (C=O) groups is 2. The fraction of sp³-hybridized carbons (Fsp3) is 0.467. The zero-order valence-electron chi connectivity index (χ0n) is 11.8. The van der Waals surface area contributed by atoms with E-state index in [9.17, 15) is 14.7 Å². The third kappa shape index (κ3) is 2.76. The zero-order chi connectivity index (χ0) is 14.8. The van der Waals surface area contributed by atoms with E-state index < -0.39 is 11.5 Å². The van der Waals surface area contributed by atoms with Crippen molar-refractivity contribution in [2.24, 2.45) is 5.92 Å². The number of urea groups is 1. The fourth-order valence-corrected chi connectivity index (χ4v) is 2.33. The first kappa shape index (κ1) is 14.4. The second-order valence-corrected chi connectivity index (χ2v) is 5.29. The van der Waals surface area contributed by atoms with Crippen LogP contribution in [0.3, 0.4) is 0 Å². The van der Waals surface area contributed by atoms with E-state index in [0.717, 1.165) is 18.5 Å². The molecule has 1 aliphatic rings. The van der Waals surface area contributed by atoms with Gasteiger partial charge in [0.2, 0.25) is 0 Å². The first-order valence-corrected chi connectivity index (χ1v) is 6.87. The van der Waals surface area contributed by atoms with Crippen LogP contribution in [0.1, 0.15) is 26.7 Å². The molecular weight excluding hydrogens is 256 g/mol. The molecule has 1 saturated carbocycles. The van der Waals surface area contributed by atoms with Crippen LogP contribution in [0, 0.1) is 5.92 Å². The second-order valence-electron chi connectivity index (χ2n) is 5.29. The van der Waals surface area contributed by atoms with E-state index in [1.807, 2.05) is 37.3 Å². The van der Waals surface area contributed by atoms with Gasteiger partial charge in [-0.05, 0) is 44.7 Å². The number of para-hydroxylation sites is 1. The van der Waals surface area contributed by atoms with Crippen LogP contribution in [0.5, 0.6) is 0 Å². The lowest BCUT2D eigenvalue weighted by molar-refractivity contribution is -0.144. The van der Waals surface area contributed by atoms with Crippen molar-refractivity contribution in [3.8, 4) is 0 Å². The maximum absolute atomic E-state index is 12.4. The topological polar surface area (TPSA) is 69.6 Å². The number of carboxylic acids is 1. The van der Waals surface area contributed by atoms with Gasteiger partial charge < -0.3 is 10.4 Å². The Bertz CT molecular complexity index is 499. The number of carbonyl (C=O) groups excluding carboxylic acids is 1. The van der Waals surface area contributed by atoms with Gasteiger partial charge in [-0.3, -0.25) is 4.90 Å². The number of nitrogens with zero attached hydrogens (tertiary/aromatic N) is 1. The summed E-state index contributed by atoms with van der Waals surface area (Å²) >= 11 is 0. The van der Waals surface area contributed by atoms with Crippen molar-refractivity contribution < 1.29 is 14.7 Å². The van der Waals surface area contributed by atoms with E-state index in [4.69, 9.17) is 0 Å². The summed E-state index contributed by atoms with van der Waals surface area (Å²) in [6.45, 7) is 3.93. The molecule has 0 heterocycles. The van der Waals surface area contributed by atoms with Gasteiger partial charge in [-0.25, -0.2) is 9.59 Å². The van der Waals surface area contributed by atoms with Crippen LogP contribution in [0.25, 0.3) is 0 Å². The highest BCUT2D eigenvalue weighted by atomic mass is 16.4. The standard InChI is InChI=1S/C15H20N2O3/c1-3-17(12-7-5-4-6-8-12)14(20)16-15(2,13(18)19)11-9-10-11/h4-8,11H,3,9-10H2,1-2H3,(H,16,20)(H,18,19). The molecule has 108 valence electrons. The minimum Gasteiger partial charge on any atom is -0.480 e. The molecule has 1 aliphatic carbocycles. The number of hydrogen-bond donors (Lipinski definition) is 2. The summed E-state index contributed by atoms with van der Waals surface area (Å²) in [7, 11) is 0. The van der Waals surface area contributed by atoms with E-state index in [1.165, 1.54) is 0 Å². The third-order valence-electron chi connectivity index (χ3n) is 3.83. The Morgan fingerprint density at radius 3 is 2.40 bits per heavy atom. The number of aliphatic carboxylic acids is 1. The zero-order valence-corrected chi connectivity index (χ0v) is 11.8. The number of carboxylic acid groups (broad SMARTS) is 1. The van der Waals surface area contributed by atoms with Gasteiger partial charge in [0.1, 0.15) is 5.54 Å². The molecular formula is C15H20N2O3. The fourth-order valence-electron chi connectivity index (χ4n) is 2.33. The second kappa shape index (κ2) is 5.53. The lowest BCUT2D eigenvalue weighted by Crippen LogP contribution is -2.57. The minimum atomic E-state index is -1.18. The molecule has 0 aliphatic heterocycles. The molecule has 2 N–H and O–H groups in total.